The molecule has 0 saturated carbocycles. The van der Waals surface area contributed by atoms with Crippen LogP contribution in [-0.4, -0.2) is 23.3 Å². The average Bonchev–Trinajstić information content (AvgIpc) is 3.26. The van der Waals surface area contributed by atoms with Crippen LogP contribution < -0.4 is 0 Å². The van der Waals surface area contributed by atoms with Crippen molar-refractivity contribution in [1.29, 1.82) is 0 Å². The number of hydrogen-bond acceptors (Lipinski definition) is 2. The van der Waals surface area contributed by atoms with Crippen molar-refractivity contribution in [3.05, 3.63) is 48.6 Å². The molecule has 0 bridgehead atoms. The Kier molecular flexibility index (Phi) is 10.9. The van der Waals surface area contributed by atoms with Crippen molar-refractivity contribution in [2.24, 2.45) is 0 Å². The zero-order chi connectivity index (χ0) is 16.8. The molecule has 0 aromatic rings. The van der Waals surface area contributed by atoms with E-state index in [4.69, 9.17) is 9.84 Å². The van der Waals surface area contributed by atoms with Gasteiger partial charge in [-0.3, -0.25) is 4.79 Å². The first kappa shape index (κ1) is 19.4. The monoisotopic (exact) mass is 318 g/mol. The Morgan fingerprint density at radius 1 is 1.04 bits per heavy atom. The Morgan fingerprint density at radius 2 is 1.87 bits per heavy atom. The SMILES string of the molecule is CCCCCC=CCC=CC=CC=C[C@@H]1O[C@H]1CCCC(=O)O. The Balaban J connectivity index is 1.99. The first-order valence-electron chi connectivity index (χ1n) is 8.76. The second-order valence-corrected chi connectivity index (χ2v) is 5.83. The minimum atomic E-state index is -0.733. The topological polar surface area (TPSA) is 49.8 Å². The van der Waals surface area contributed by atoms with Crippen LogP contribution in [0.2, 0.25) is 0 Å². The highest BCUT2D eigenvalue weighted by Gasteiger charge is 2.35. The van der Waals surface area contributed by atoms with Crippen LogP contribution >= 0.6 is 0 Å². The molecule has 1 aliphatic heterocycles. The van der Waals surface area contributed by atoms with E-state index in [1.807, 2.05) is 24.3 Å². The molecule has 0 aromatic heterocycles. The summed E-state index contributed by atoms with van der Waals surface area (Å²) in [4.78, 5) is 10.4. The molecule has 3 nitrogen and oxygen atoms in total. The van der Waals surface area contributed by atoms with Crippen molar-refractivity contribution in [3.8, 4) is 0 Å². The molecule has 3 heteroatoms. The first-order valence-corrected chi connectivity index (χ1v) is 8.76. The van der Waals surface area contributed by atoms with Crippen LogP contribution in [0.4, 0.5) is 0 Å². The fraction of sp³-hybridized carbons (Fsp3) is 0.550. The lowest BCUT2D eigenvalue weighted by Crippen LogP contribution is -1.97. The lowest BCUT2D eigenvalue weighted by atomic mass is 10.1. The number of carbonyl (C=O) groups is 1. The standard InChI is InChI=1S/C20H30O3/c1-2-3-4-5-6-7-8-9-10-11-12-13-15-18-19(23-18)16-14-17-20(21)22/h6-7,9-13,15,18-19H,2-5,8,14,16-17H2,1H3,(H,21,22)/t18-,19-/m0/s1. The quantitative estimate of drug-likeness (QED) is 0.220. The number of rotatable bonds is 13. The summed E-state index contributed by atoms with van der Waals surface area (Å²) in [5.41, 5.74) is 0. The maximum atomic E-state index is 10.4. The summed E-state index contributed by atoms with van der Waals surface area (Å²) in [6, 6.07) is 0. The number of ether oxygens (including phenoxy) is 1. The third-order valence-corrected chi connectivity index (χ3v) is 3.68. The van der Waals surface area contributed by atoms with E-state index in [-0.39, 0.29) is 18.6 Å². The molecule has 0 aromatic carbocycles. The maximum Gasteiger partial charge on any atom is 0.303 e. The molecule has 0 amide bonds. The Labute approximate surface area is 140 Å². The normalized spacial score (nSPS) is 21.3. The summed E-state index contributed by atoms with van der Waals surface area (Å²) in [5.74, 6) is -0.733. The number of unbranched alkanes of at least 4 members (excludes halogenated alkanes) is 3. The van der Waals surface area contributed by atoms with Gasteiger partial charge in [0.2, 0.25) is 0 Å². The molecule has 0 unspecified atom stereocenters. The van der Waals surface area contributed by atoms with Gasteiger partial charge >= 0.3 is 5.97 Å². The van der Waals surface area contributed by atoms with Crippen molar-refractivity contribution in [2.45, 2.75) is 70.5 Å². The van der Waals surface area contributed by atoms with Crippen LogP contribution in [0.25, 0.3) is 0 Å². The molecule has 1 fully saturated rings. The molecule has 1 N–H and O–H groups in total. The fourth-order valence-electron chi connectivity index (χ4n) is 2.28. The Hall–Kier alpha value is -1.61. The largest absolute Gasteiger partial charge is 0.481 e. The van der Waals surface area contributed by atoms with Crippen molar-refractivity contribution >= 4 is 5.97 Å². The second kappa shape index (κ2) is 12.9. The average molecular weight is 318 g/mol. The number of epoxide rings is 1. The maximum absolute atomic E-state index is 10.4. The summed E-state index contributed by atoms with van der Waals surface area (Å²) < 4.78 is 5.46. The van der Waals surface area contributed by atoms with Gasteiger partial charge in [0.05, 0.1) is 6.10 Å². The van der Waals surface area contributed by atoms with Crippen molar-refractivity contribution in [2.75, 3.05) is 0 Å². The van der Waals surface area contributed by atoms with E-state index in [9.17, 15) is 4.79 Å². The van der Waals surface area contributed by atoms with Gasteiger partial charge in [0.1, 0.15) is 6.10 Å². The molecule has 23 heavy (non-hydrogen) atoms. The molecule has 1 rings (SSSR count). The predicted molar refractivity (Wildman–Crippen MR) is 95.5 cm³/mol. The summed E-state index contributed by atoms with van der Waals surface area (Å²) >= 11 is 0. The highest BCUT2D eigenvalue weighted by molar-refractivity contribution is 5.66. The van der Waals surface area contributed by atoms with Gasteiger partial charge in [-0.15, -0.1) is 0 Å². The third-order valence-electron chi connectivity index (χ3n) is 3.68. The van der Waals surface area contributed by atoms with E-state index in [1.165, 1.54) is 25.7 Å². The van der Waals surface area contributed by atoms with Crippen molar-refractivity contribution < 1.29 is 14.6 Å². The van der Waals surface area contributed by atoms with Gasteiger partial charge in [0.15, 0.2) is 0 Å². The Morgan fingerprint density at radius 3 is 2.65 bits per heavy atom. The molecule has 0 spiro atoms. The first-order chi connectivity index (χ1) is 11.2. The van der Waals surface area contributed by atoms with Gasteiger partial charge < -0.3 is 9.84 Å². The van der Waals surface area contributed by atoms with Gasteiger partial charge in [-0.2, -0.15) is 0 Å². The van der Waals surface area contributed by atoms with Crippen LogP contribution in [0.3, 0.4) is 0 Å². The smallest absolute Gasteiger partial charge is 0.303 e. The minimum absolute atomic E-state index is 0.170. The predicted octanol–water partition coefficient (Wildman–Crippen LogP) is 5.20. The molecule has 1 saturated heterocycles. The van der Waals surface area contributed by atoms with E-state index >= 15 is 0 Å². The van der Waals surface area contributed by atoms with Crippen LogP contribution in [-0.2, 0) is 9.53 Å². The lowest BCUT2D eigenvalue weighted by Gasteiger charge is -1.91. The fourth-order valence-corrected chi connectivity index (χ4v) is 2.28. The van der Waals surface area contributed by atoms with E-state index in [1.54, 1.807) is 0 Å². The van der Waals surface area contributed by atoms with E-state index < -0.39 is 5.97 Å². The molecule has 0 aliphatic carbocycles. The highest BCUT2D eigenvalue weighted by Crippen LogP contribution is 2.28. The van der Waals surface area contributed by atoms with Crippen LogP contribution in [0, 0.1) is 0 Å². The van der Waals surface area contributed by atoms with Crippen LogP contribution in [0.15, 0.2) is 48.6 Å². The summed E-state index contributed by atoms with van der Waals surface area (Å²) in [6.07, 6.45) is 24.9. The number of allylic oxidation sites excluding steroid dienone is 7. The van der Waals surface area contributed by atoms with Crippen molar-refractivity contribution in [3.63, 3.8) is 0 Å². The van der Waals surface area contributed by atoms with Gasteiger partial charge in [-0.25, -0.2) is 0 Å². The van der Waals surface area contributed by atoms with Gasteiger partial charge in [0, 0.05) is 6.42 Å². The van der Waals surface area contributed by atoms with Crippen molar-refractivity contribution in [1.82, 2.24) is 0 Å². The molecular formula is C20H30O3. The van der Waals surface area contributed by atoms with Gasteiger partial charge in [-0.1, -0.05) is 68.4 Å². The number of aliphatic carboxylic acids is 1. The third kappa shape index (κ3) is 11.6. The van der Waals surface area contributed by atoms with Crippen LogP contribution in [0.5, 0.6) is 0 Å². The zero-order valence-corrected chi connectivity index (χ0v) is 14.2. The molecule has 1 heterocycles. The molecular weight excluding hydrogens is 288 g/mol. The van der Waals surface area contributed by atoms with E-state index in [0.717, 1.165) is 12.8 Å². The number of hydrogen-bond donors (Lipinski definition) is 1. The summed E-state index contributed by atoms with van der Waals surface area (Å²) in [5, 5.41) is 8.56. The zero-order valence-electron chi connectivity index (χ0n) is 14.2. The number of carboxylic acids is 1. The van der Waals surface area contributed by atoms with E-state index in [0.29, 0.717) is 6.42 Å². The lowest BCUT2D eigenvalue weighted by molar-refractivity contribution is -0.137. The van der Waals surface area contributed by atoms with E-state index in [2.05, 4.69) is 31.2 Å². The second-order valence-electron chi connectivity index (χ2n) is 5.83. The molecule has 0 radical (unpaired) electrons. The number of carboxylic acid groups (broad SMARTS) is 1. The Bertz CT molecular complexity index is 432. The molecule has 128 valence electrons. The molecule has 1 aliphatic rings. The van der Waals surface area contributed by atoms with Gasteiger partial charge in [-0.05, 0) is 32.1 Å². The summed E-state index contributed by atoms with van der Waals surface area (Å²) in [7, 11) is 0. The van der Waals surface area contributed by atoms with Gasteiger partial charge in [0.25, 0.3) is 0 Å². The molecule has 2 atom stereocenters. The summed E-state index contributed by atoms with van der Waals surface area (Å²) in [6.45, 7) is 2.22. The minimum Gasteiger partial charge on any atom is -0.481 e. The van der Waals surface area contributed by atoms with Crippen LogP contribution in [0.1, 0.15) is 58.3 Å². The highest BCUT2D eigenvalue weighted by atomic mass is 16.6.